The zero-order valence-corrected chi connectivity index (χ0v) is 31.8. The van der Waals surface area contributed by atoms with Crippen molar-refractivity contribution < 1.29 is 23.7 Å². The van der Waals surface area contributed by atoms with Crippen LogP contribution < -0.4 is 19.9 Å². The molecule has 0 radical (unpaired) electrons. The van der Waals surface area contributed by atoms with E-state index in [1.165, 1.54) is 0 Å². The van der Waals surface area contributed by atoms with Crippen LogP contribution in [0.15, 0.2) is 125 Å². The van der Waals surface area contributed by atoms with Gasteiger partial charge < -0.3 is 29.2 Å². The Morgan fingerprint density at radius 2 is 1.52 bits per heavy atom. The molecule has 0 saturated carbocycles. The summed E-state index contributed by atoms with van der Waals surface area (Å²) in [5.41, 5.74) is 8.98. The summed E-state index contributed by atoms with van der Waals surface area (Å²) in [7, 11) is 3.13. The monoisotopic (exact) mass is 765 g/mol. The second-order valence-electron chi connectivity index (χ2n) is 12.0. The van der Waals surface area contributed by atoms with Crippen molar-refractivity contribution in [2.45, 2.75) is 70.9 Å². The largest absolute Gasteiger partial charge is 0.493 e. The van der Waals surface area contributed by atoms with Gasteiger partial charge in [0, 0.05) is 23.6 Å². The van der Waals surface area contributed by atoms with E-state index >= 15 is 0 Å². The highest BCUT2D eigenvalue weighted by molar-refractivity contribution is 9.10. The van der Waals surface area contributed by atoms with Crippen LogP contribution in [0.25, 0.3) is 10.9 Å². The second kappa shape index (κ2) is 21.2. The van der Waals surface area contributed by atoms with E-state index in [0.29, 0.717) is 40.1 Å². The predicted molar refractivity (Wildman–Crippen MR) is 212 cm³/mol. The first-order chi connectivity index (χ1) is 25.4. The molecule has 0 amide bonds. The first-order valence-electron chi connectivity index (χ1n) is 17.6. The van der Waals surface area contributed by atoms with Crippen molar-refractivity contribution in [3.05, 3.63) is 136 Å². The topological polar surface area (TPSA) is 109 Å². The van der Waals surface area contributed by atoms with Crippen LogP contribution in [0, 0.1) is 11.3 Å². The molecule has 4 rings (SSSR count). The average Bonchev–Trinajstić information content (AvgIpc) is 3.57. The van der Waals surface area contributed by atoms with Crippen LogP contribution in [0.1, 0.15) is 75.3 Å². The lowest BCUT2D eigenvalue weighted by atomic mass is 9.83. The third-order valence-electron chi connectivity index (χ3n) is 8.40. The maximum atomic E-state index is 12.5. The Labute approximate surface area is 316 Å². The molecule has 2 heterocycles. The molecule has 1 aliphatic heterocycles. The van der Waals surface area contributed by atoms with Crippen LogP contribution in [0.2, 0.25) is 0 Å². The highest BCUT2D eigenvalue weighted by atomic mass is 79.9. The molecule has 0 spiro atoms. The second-order valence-corrected chi connectivity index (χ2v) is 12.8. The number of halogens is 1. The fourth-order valence-corrected chi connectivity index (χ4v) is 6.43. The number of ether oxygens (including phenoxy) is 4. The number of esters is 1. The molecule has 0 aliphatic carbocycles. The molecule has 0 fully saturated rings. The van der Waals surface area contributed by atoms with E-state index in [1.54, 1.807) is 14.2 Å². The fourth-order valence-electron chi connectivity index (χ4n) is 5.80. The summed E-state index contributed by atoms with van der Waals surface area (Å²) >= 11 is 3.56. The zero-order chi connectivity index (χ0) is 37.1. The Bertz CT molecular complexity index is 1920. The quantitative estimate of drug-likeness (QED) is 0.0956. The fraction of sp³-hybridized carbons (Fsp3) is 0.302. The molecule has 2 aromatic carbocycles. The van der Waals surface area contributed by atoms with Gasteiger partial charge in [-0.25, -0.2) is 0 Å². The number of aromatic nitrogens is 1. The smallest absolute Gasteiger partial charge is 0.307 e. The van der Waals surface area contributed by atoms with Crippen molar-refractivity contribution in [1.82, 2.24) is 4.57 Å². The lowest BCUT2D eigenvalue weighted by molar-refractivity contribution is -0.147. The van der Waals surface area contributed by atoms with Crippen LogP contribution >= 0.6 is 15.9 Å². The third-order valence-corrected chi connectivity index (χ3v) is 8.99. The summed E-state index contributed by atoms with van der Waals surface area (Å²) in [6.07, 6.45) is 34.4. The number of carbonyl (C=O) groups excluding carboxylic acids is 1. The highest BCUT2D eigenvalue weighted by Gasteiger charge is 2.33. The molecule has 1 aliphatic rings. The van der Waals surface area contributed by atoms with Gasteiger partial charge in [-0.15, -0.1) is 0 Å². The van der Waals surface area contributed by atoms with Gasteiger partial charge in [0.25, 0.3) is 0 Å². The molecule has 52 heavy (non-hydrogen) atoms. The molecule has 9 heteroatoms. The standard InChI is InChI=1S/C43H48BrN3O5/c1-4-5-6-7-8-9-10-11-12-13-14-15-16-17-18-19-20-21-22-23-39(48)51-31-47-27-26-33-37(47)25-24-34-40(35(30-45)43(46)52-41(33)34)32-28-36(44)42(50-3)38(29-32)49-2/h5-6,8-9,11-12,14-15,17-18,20-21,24-29,40H,4,7,10,13,16,19,22-23,31,46H2,1-3H3/b6-5+,9-8+,12-11+,15-14+,18-17+,21-20+. The number of nitrogens with two attached hydrogens (primary N) is 1. The first-order valence-corrected chi connectivity index (χ1v) is 18.4. The third kappa shape index (κ3) is 10.9. The summed E-state index contributed by atoms with van der Waals surface area (Å²) in [6, 6.07) is 11.7. The number of hydrogen-bond donors (Lipinski definition) is 1. The number of fused-ring (bicyclic) bond motifs is 3. The number of hydrogen-bond acceptors (Lipinski definition) is 7. The summed E-state index contributed by atoms with van der Waals surface area (Å²) in [6.45, 7) is 2.21. The molecule has 1 unspecified atom stereocenters. The van der Waals surface area contributed by atoms with E-state index in [4.69, 9.17) is 24.7 Å². The molecule has 0 bridgehead atoms. The van der Waals surface area contributed by atoms with Crippen molar-refractivity contribution in [3.8, 4) is 23.3 Å². The van der Waals surface area contributed by atoms with Gasteiger partial charge in [0.2, 0.25) is 5.88 Å². The summed E-state index contributed by atoms with van der Waals surface area (Å²) in [5.74, 6) is 0.878. The van der Waals surface area contributed by atoms with E-state index in [2.05, 4.69) is 95.8 Å². The number of rotatable bonds is 19. The Kier molecular flexibility index (Phi) is 16.2. The minimum absolute atomic E-state index is 0.0342. The van der Waals surface area contributed by atoms with Crippen molar-refractivity contribution >= 4 is 32.8 Å². The summed E-state index contributed by atoms with van der Waals surface area (Å²) in [5, 5.41) is 10.8. The van der Waals surface area contributed by atoms with Gasteiger partial charge in [0.05, 0.1) is 30.1 Å². The molecule has 2 N–H and O–H groups in total. The molecule has 1 aromatic heterocycles. The Balaban J connectivity index is 1.24. The van der Waals surface area contributed by atoms with E-state index in [-0.39, 0.29) is 18.6 Å². The summed E-state index contributed by atoms with van der Waals surface area (Å²) < 4.78 is 25.2. The molecule has 8 nitrogen and oxygen atoms in total. The van der Waals surface area contributed by atoms with Gasteiger partial charge in [-0.1, -0.05) is 85.9 Å². The van der Waals surface area contributed by atoms with Gasteiger partial charge in [-0.2, -0.15) is 5.26 Å². The van der Waals surface area contributed by atoms with Gasteiger partial charge in [0.15, 0.2) is 18.2 Å². The Morgan fingerprint density at radius 3 is 2.10 bits per heavy atom. The van der Waals surface area contributed by atoms with Crippen LogP contribution in [-0.4, -0.2) is 24.8 Å². The number of nitriles is 1. The maximum absolute atomic E-state index is 12.5. The lowest BCUT2D eigenvalue weighted by Crippen LogP contribution is -2.21. The number of carbonyl (C=O) groups is 1. The number of nitrogens with zero attached hydrogens (tertiary/aromatic N) is 2. The average molecular weight is 767 g/mol. The number of allylic oxidation sites excluding steroid dienone is 13. The molecule has 272 valence electrons. The van der Waals surface area contributed by atoms with Gasteiger partial charge in [-0.05, 0) is 90.7 Å². The minimum Gasteiger partial charge on any atom is -0.493 e. The van der Waals surface area contributed by atoms with E-state index < -0.39 is 5.92 Å². The van der Waals surface area contributed by atoms with Crippen LogP contribution in [0.3, 0.4) is 0 Å². The maximum Gasteiger partial charge on any atom is 0.307 e. The SMILES string of the molecule is CC/C=C/C/C=C/C/C=C/C/C=C/C/C=C/C/C=C/CCC(=O)OCn1ccc2c3c(ccc21)C(c1cc(Br)c(OC)c(OC)c1)C(C#N)=C(N)O3. The molecule has 1 atom stereocenters. The van der Waals surface area contributed by atoms with Gasteiger partial charge in [-0.3, -0.25) is 4.79 Å². The Hall–Kier alpha value is -5.20. The van der Waals surface area contributed by atoms with E-state index in [1.807, 2.05) is 47.2 Å². The van der Waals surface area contributed by atoms with Crippen molar-refractivity contribution in [1.29, 1.82) is 5.26 Å². The van der Waals surface area contributed by atoms with Crippen molar-refractivity contribution in [2.75, 3.05) is 14.2 Å². The van der Waals surface area contributed by atoms with Gasteiger partial charge >= 0.3 is 5.97 Å². The zero-order valence-electron chi connectivity index (χ0n) is 30.2. The van der Waals surface area contributed by atoms with Crippen molar-refractivity contribution in [2.24, 2.45) is 5.73 Å². The molecular formula is C43H48BrN3O5. The van der Waals surface area contributed by atoms with E-state index in [0.717, 1.165) is 60.6 Å². The minimum atomic E-state index is -0.496. The molecular weight excluding hydrogens is 718 g/mol. The van der Waals surface area contributed by atoms with E-state index in [9.17, 15) is 10.1 Å². The highest BCUT2D eigenvalue weighted by Crippen LogP contribution is 2.48. The van der Waals surface area contributed by atoms with Crippen molar-refractivity contribution in [3.63, 3.8) is 0 Å². The number of benzene rings is 2. The van der Waals surface area contributed by atoms with Gasteiger partial charge in [0.1, 0.15) is 17.4 Å². The molecule has 0 saturated heterocycles. The van der Waals surface area contributed by atoms with Crippen LogP contribution in [0.5, 0.6) is 17.2 Å². The first kappa shape index (κ1) is 39.6. The predicted octanol–water partition coefficient (Wildman–Crippen LogP) is 10.6. The lowest BCUT2D eigenvalue weighted by Gasteiger charge is -2.27. The normalized spacial score (nSPS) is 14.8. The van der Waals surface area contributed by atoms with Crippen LogP contribution in [-0.2, 0) is 16.3 Å². The number of methoxy groups -OCH3 is 2. The van der Waals surface area contributed by atoms with Crippen LogP contribution in [0.4, 0.5) is 0 Å². The molecule has 3 aromatic rings. The summed E-state index contributed by atoms with van der Waals surface area (Å²) in [4.78, 5) is 12.5. The Morgan fingerprint density at radius 1 is 0.904 bits per heavy atom.